The molecule has 0 aromatic heterocycles. The van der Waals surface area contributed by atoms with Gasteiger partial charge in [0.15, 0.2) is 0 Å². The third kappa shape index (κ3) is 5.09. The van der Waals surface area contributed by atoms with Gasteiger partial charge in [-0.25, -0.2) is 4.79 Å². The molecule has 1 saturated heterocycles. The van der Waals surface area contributed by atoms with E-state index in [1.165, 1.54) is 0 Å². The standard InChI is InChI=1S/C18H27N3O4/c1-4-9-19-18(23)20-17(22)12-21-10-5-6-15(21)14-11-13(24-2)7-8-16(14)25-3/h7-8,11,15H,4-6,9-10,12H2,1-3H3,(H2,19,20,22,23). The van der Waals surface area contributed by atoms with E-state index in [0.29, 0.717) is 6.54 Å². The van der Waals surface area contributed by atoms with E-state index >= 15 is 0 Å². The predicted molar refractivity (Wildman–Crippen MR) is 94.9 cm³/mol. The van der Waals surface area contributed by atoms with Crippen molar-refractivity contribution in [2.75, 3.05) is 33.9 Å². The fourth-order valence-electron chi connectivity index (χ4n) is 3.10. The first-order valence-corrected chi connectivity index (χ1v) is 8.62. The molecule has 2 N–H and O–H groups in total. The van der Waals surface area contributed by atoms with Crippen LogP contribution in [0.3, 0.4) is 0 Å². The van der Waals surface area contributed by atoms with Gasteiger partial charge in [0.05, 0.1) is 20.8 Å². The molecule has 1 aromatic carbocycles. The number of methoxy groups -OCH3 is 2. The minimum Gasteiger partial charge on any atom is -0.497 e. The Kier molecular flexibility index (Phi) is 7.06. The van der Waals surface area contributed by atoms with E-state index in [0.717, 1.165) is 42.9 Å². The second-order valence-electron chi connectivity index (χ2n) is 6.04. The van der Waals surface area contributed by atoms with E-state index in [4.69, 9.17) is 9.47 Å². The number of nitrogens with one attached hydrogen (secondary N) is 2. The van der Waals surface area contributed by atoms with E-state index in [-0.39, 0.29) is 18.5 Å². The molecule has 3 amide bonds. The van der Waals surface area contributed by atoms with Crippen LogP contribution in [0.25, 0.3) is 0 Å². The summed E-state index contributed by atoms with van der Waals surface area (Å²) in [6, 6.07) is 5.30. The average Bonchev–Trinajstić information content (AvgIpc) is 3.06. The Morgan fingerprint density at radius 2 is 2.08 bits per heavy atom. The number of carbonyl (C=O) groups is 2. The van der Waals surface area contributed by atoms with Crippen molar-refractivity contribution in [1.29, 1.82) is 0 Å². The largest absolute Gasteiger partial charge is 0.497 e. The molecule has 0 saturated carbocycles. The third-order valence-electron chi connectivity index (χ3n) is 4.29. The quantitative estimate of drug-likeness (QED) is 0.788. The molecule has 1 unspecified atom stereocenters. The van der Waals surface area contributed by atoms with Gasteiger partial charge < -0.3 is 14.8 Å². The van der Waals surface area contributed by atoms with Crippen molar-refractivity contribution in [3.63, 3.8) is 0 Å². The summed E-state index contributed by atoms with van der Waals surface area (Å²) < 4.78 is 10.8. The van der Waals surface area contributed by atoms with E-state index in [9.17, 15) is 9.59 Å². The lowest BCUT2D eigenvalue weighted by atomic mass is 10.0. The normalized spacial score (nSPS) is 17.2. The summed E-state index contributed by atoms with van der Waals surface area (Å²) in [7, 11) is 3.26. The lowest BCUT2D eigenvalue weighted by Gasteiger charge is -2.25. The van der Waals surface area contributed by atoms with Crippen LogP contribution in [0.2, 0.25) is 0 Å². The molecule has 1 aliphatic heterocycles. The Labute approximate surface area is 148 Å². The number of hydrogen-bond acceptors (Lipinski definition) is 5. The number of rotatable bonds is 7. The van der Waals surface area contributed by atoms with Crippen LogP contribution in [0.15, 0.2) is 18.2 Å². The molecule has 138 valence electrons. The van der Waals surface area contributed by atoms with Crippen LogP contribution >= 0.6 is 0 Å². The fourth-order valence-corrected chi connectivity index (χ4v) is 3.10. The Hall–Kier alpha value is -2.28. The lowest BCUT2D eigenvalue weighted by Crippen LogP contribution is -2.44. The van der Waals surface area contributed by atoms with Crippen LogP contribution in [-0.2, 0) is 4.79 Å². The molecule has 7 heteroatoms. The van der Waals surface area contributed by atoms with Gasteiger partial charge in [-0.3, -0.25) is 15.0 Å². The Bertz CT molecular complexity index is 606. The molecule has 1 atom stereocenters. The van der Waals surface area contributed by atoms with E-state index in [1.54, 1.807) is 14.2 Å². The zero-order valence-corrected chi connectivity index (χ0v) is 15.1. The average molecular weight is 349 g/mol. The second-order valence-corrected chi connectivity index (χ2v) is 6.04. The maximum absolute atomic E-state index is 12.2. The minimum absolute atomic E-state index is 0.0644. The van der Waals surface area contributed by atoms with Crippen molar-refractivity contribution in [1.82, 2.24) is 15.5 Å². The summed E-state index contributed by atoms with van der Waals surface area (Å²) in [5.74, 6) is 1.23. The molecule has 25 heavy (non-hydrogen) atoms. The van der Waals surface area contributed by atoms with Gasteiger partial charge in [-0.15, -0.1) is 0 Å². The molecule has 0 radical (unpaired) electrons. The molecule has 1 heterocycles. The Morgan fingerprint density at radius 1 is 1.28 bits per heavy atom. The second kappa shape index (κ2) is 9.27. The van der Waals surface area contributed by atoms with E-state index < -0.39 is 6.03 Å². The van der Waals surface area contributed by atoms with E-state index in [1.807, 2.05) is 25.1 Å². The van der Waals surface area contributed by atoms with Crippen LogP contribution in [0.1, 0.15) is 37.8 Å². The first kappa shape index (κ1) is 19.1. The molecule has 2 rings (SSSR count). The molecular weight excluding hydrogens is 322 g/mol. The van der Waals surface area contributed by atoms with Crippen molar-refractivity contribution < 1.29 is 19.1 Å². The number of nitrogens with zero attached hydrogens (tertiary/aromatic N) is 1. The third-order valence-corrected chi connectivity index (χ3v) is 4.29. The SMILES string of the molecule is CCCNC(=O)NC(=O)CN1CCCC1c1cc(OC)ccc1OC. The summed E-state index contributed by atoms with van der Waals surface area (Å²) in [6.07, 6.45) is 2.74. The van der Waals surface area contributed by atoms with Gasteiger partial charge >= 0.3 is 6.03 Å². The highest BCUT2D eigenvalue weighted by Crippen LogP contribution is 2.38. The molecule has 1 aromatic rings. The monoisotopic (exact) mass is 349 g/mol. The first-order chi connectivity index (χ1) is 12.1. The number of ether oxygens (including phenoxy) is 2. The molecule has 0 spiro atoms. The lowest BCUT2D eigenvalue weighted by molar-refractivity contribution is -0.121. The van der Waals surface area contributed by atoms with Gasteiger partial charge in [0.2, 0.25) is 5.91 Å². The summed E-state index contributed by atoms with van der Waals surface area (Å²) in [5, 5.41) is 5.02. The number of benzene rings is 1. The molecular formula is C18H27N3O4. The number of urea groups is 1. The van der Waals surface area contributed by atoms with Crippen LogP contribution in [0.4, 0.5) is 4.79 Å². The van der Waals surface area contributed by atoms with Crippen LogP contribution in [-0.4, -0.2) is 50.7 Å². The highest BCUT2D eigenvalue weighted by molar-refractivity contribution is 5.95. The molecule has 7 nitrogen and oxygen atoms in total. The first-order valence-electron chi connectivity index (χ1n) is 8.62. The van der Waals surface area contributed by atoms with Crippen molar-refractivity contribution in [2.24, 2.45) is 0 Å². The van der Waals surface area contributed by atoms with Gasteiger partial charge in [0.25, 0.3) is 0 Å². The topological polar surface area (TPSA) is 79.9 Å². The zero-order chi connectivity index (χ0) is 18.2. The van der Waals surface area contributed by atoms with Crippen molar-refractivity contribution in [2.45, 2.75) is 32.2 Å². The van der Waals surface area contributed by atoms with Crippen molar-refractivity contribution in [3.8, 4) is 11.5 Å². The molecule has 1 fully saturated rings. The van der Waals surface area contributed by atoms with Gasteiger partial charge in [-0.05, 0) is 44.0 Å². The highest BCUT2D eigenvalue weighted by Gasteiger charge is 2.30. The molecule has 0 bridgehead atoms. The summed E-state index contributed by atoms with van der Waals surface area (Å²) >= 11 is 0. The van der Waals surface area contributed by atoms with Crippen LogP contribution < -0.4 is 20.1 Å². The maximum Gasteiger partial charge on any atom is 0.321 e. The number of imide groups is 1. The highest BCUT2D eigenvalue weighted by atomic mass is 16.5. The van der Waals surface area contributed by atoms with Crippen LogP contribution in [0.5, 0.6) is 11.5 Å². The van der Waals surface area contributed by atoms with Gasteiger partial charge in [-0.1, -0.05) is 6.92 Å². The predicted octanol–water partition coefficient (Wildman–Crippen LogP) is 2.08. The van der Waals surface area contributed by atoms with E-state index in [2.05, 4.69) is 15.5 Å². The maximum atomic E-state index is 12.2. The summed E-state index contributed by atoms with van der Waals surface area (Å²) in [6.45, 7) is 3.48. The van der Waals surface area contributed by atoms with Gasteiger partial charge in [-0.2, -0.15) is 0 Å². The Morgan fingerprint density at radius 3 is 2.76 bits per heavy atom. The van der Waals surface area contributed by atoms with Crippen molar-refractivity contribution >= 4 is 11.9 Å². The molecule has 1 aliphatic rings. The number of likely N-dealkylation sites (tertiary alicyclic amines) is 1. The number of hydrogen-bond donors (Lipinski definition) is 2. The Balaban J connectivity index is 2.05. The van der Waals surface area contributed by atoms with Gasteiger partial charge in [0.1, 0.15) is 11.5 Å². The summed E-state index contributed by atoms with van der Waals surface area (Å²) in [5.41, 5.74) is 1.00. The zero-order valence-electron chi connectivity index (χ0n) is 15.1. The smallest absolute Gasteiger partial charge is 0.321 e. The number of amides is 3. The number of carbonyl (C=O) groups excluding carboxylic acids is 2. The van der Waals surface area contributed by atoms with Crippen LogP contribution in [0, 0.1) is 0 Å². The van der Waals surface area contributed by atoms with Crippen molar-refractivity contribution in [3.05, 3.63) is 23.8 Å². The van der Waals surface area contributed by atoms with Gasteiger partial charge in [0, 0.05) is 18.2 Å². The molecule has 0 aliphatic carbocycles. The fraction of sp³-hybridized carbons (Fsp3) is 0.556. The summed E-state index contributed by atoms with van der Waals surface area (Å²) in [4.78, 5) is 25.9. The minimum atomic E-state index is -0.443.